The zero-order chi connectivity index (χ0) is 11.1. The molecule has 1 atom stereocenters. The van der Waals surface area contributed by atoms with E-state index in [1.165, 1.54) is 24.0 Å². The summed E-state index contributed by atoms with van der Waals surface area (Å²) < 4.78 is 0. The number of aryl methyl sites for hydroxylation is 1. The molecule has 1 aromatic rings. The molecular formula is C14H23N. The van der Waals surface area contributed by atoms with Gasteiger partial charge in [-0.1, -0.05) is 43.7 Å². The number of benzene rings is 1. The molecule has 0 aliphatic rings. The van der Waals surface area contributed by atoms with Crippen LogP contribution in [-0.4, -0.2) is 13.1 Å². The molecule has 0 saturated carbocycles. The minimum atomic E-state index is 0.770. The van der Waals surface area contributed by atoms with Crippen molar-refractivity contribution in [2.75, 3.05) is 13.1 Å². The molecular weight excluding hydrogens is 182 g/mol. The predicted octanol–water partition coefficient (Wildman–Crippen LogP) is 3.17. The van der Waals surface area contributed by atoms with E-state index in [2.05, 4.69) is 50.4 Å². The molecule has 0 radical (unpaired) electrons. The molecule has 0 amide bonds. The van der Waals surface area contributed by atoms with Crippen molar-refractivity contribution in [1.82, 2.24) is 5.32 Å². The predicted molar refractivity (Wildman–Crippen MR) is 67.2 cm³/mol. The van der Waals surface area contributed by atoms with E-state index in [1.54, 1.807) is 0 Å². The number of hydrogen-bond acceptors (Lipinski definition) is 1. The van der Waals surface area contributed by atoms with Crippen molar-refractivity contribution in [1.29, 1.82) is 0 Å². The lowest BCUT2D eigenvalue weighted by molar-refractivity contribution is 0.504. The van der Waals surface area contributed by atoms with Crippen molar-refractivity contribution in [3.63, 3.8) is 0 Å². The van der Waals surface area contributed by atoms with Gasteiger partial charge in [-0.2, -0.15) is 0 Å². The molecule has 1 aromatic carbocycles. The third kappa shape index (κ3) is 4.98. The highest BCUT2D eigenvalue weighted by Gasteiger charge is 2.02. The summed E-state index contributed by atoms with van der Waals surface area (Å²) in [6.07, 6.45) is 2.47. The van der Waals surface area contributed by atoms with Gasteiger partial charge in [-0.15, -0.1) is 0 Å². The summed E-state index contributed by atoms with van der Waals surface area (Å²) in [5.74, 6) is 0.770. The summed E-state index contributed by atoms with van der Waals surface area (Å²) in [6, 6.07) is 8.90. The maximum absolute atomic E-state index is 3.37. The van der Waals surface area contributed by atoms with E-state index in [9.17, 15) is 0 Å². The van der Waals surface area contributed by atoms with Gasteiger partial charge in [-0.3, -0.25) is 0 Å². The molecule has 1 heteroatoms. The number of nitrogens with one attached hydrogen (secondary N) is 1. The van der Waals surface area contributed by atoms with Crippen LogP contribution in [0.5, 0.6) is 0 Å². The Balaban J connectivity index is 2.31. The topological polar surface area (TPSA) is 12.0 Å². The molecule has 1 N–H and O–H groups in total. The Morgan fingerprint density at radius 1 is 1.20 bits per heavy atom. The molecule has 1 rings (SSSR count). The molecule has 0 saturated heterocycles. The first kappa shape index (κ1) is 12.3. The molecule has 0 bridgehead atoms. The quantitative estimate of drug-likeness (QED) is 0.703. The number of rotatable bonds is 6. The van der Waals surface area contributed by atoms with Crippen LogP contribution in [0.15, 0.2) is 24.3 Å². The molecule has 0 aliphatic carbocycles. The summed E-state index contributed by atoms with van der Waals surface area (Å²) in [5, 5.41) is 3.37. The van der Waals surface area contributed by atoms with Crippen molar-refractivity contribution in [2.45, 2.75) is 33.6 Å². The summed E-state index contributed by atoms with van der Waals surface area (Å²) in [5.41, 5.74) is 2.81. The Hall–Kier alpha value is -0.820. The van der Waals surface area contributed by atoms with Gasteiger partial charge in [0.1, 0.15) is 0 Å². The minimum absolute atomic E-state index is 0.770. The van der Waals surface area contributed by atoms with E-state index in [-0.39, 0.29) is 0 Å². The second-order valence-corrected chi connectivity index (χ2v) is 4.44. The SMILES string of the molecule is CCNCCC(C)Cc1ccc(C)cc1. The molecule has 1 nitrogen and oxygen atoms in total. The van der Waals surface area contributed by atoms with E-state index in [0.29, 0.717) is 0 Å². The molecule has 0 aliphatic heterocycles. The van der Waals surface area contributed by atoms with Crippen LogP contribution < -0.4 is 5.32 Å². The summed E-state index contributed by atoms with van der Waals surface area (Å²) in [4.78, 5) is 0. The van der Waals surface area contributed by atoms with Crippen LogP contribution in [0.2, 0.25) is 0 Å². The lowest BCUT2D eigenvalue weighted by atomic mass is 9.97. The Morgan fingerprint density at radius 3 is 2.47 bits per heavy atom. The fraction of sp³-hybridized carbons (Fsp3) is 0.571. The fourth-order valence-electron chi connectivity index (χ4n) is 1.75. The molecule has 84 valence electrons. The van der Waals surface area contributed by atoms with Crippen molar-refractivity contribution >= 4 is 0 Å². The lowest BCUT2D eigenvalue weighted by Crippen LogP contribution is -2.17. The first-order valence-electron chi connectivity index (χ1n) is 5.98. The van der Waals surface area contributed by atoms with E-state index in [1.807, 2.05) is 0 Å². The van der Waals surface area contributed by atoms with Crippen molar-refractivity contribution in [3.05, 3.63) is 35.4 Å². The Morgan fingerprint density at radius 2 is 1.87 bits per heavy atom. The van der Waals surface area contributed by atoms with Gasteiger partial charge in [0.05, 0.1) is 0 Å². The van der Waals surface area contributed by atoms with Crippen molar-refractivity contribution in [3.8, 4) is 0 Å². The van der Waals surface area contributed by atoms with Gasteiger partial charge >= 0.3 is 0 Å². The van der Waals surface area contributed by atoms with Crippen LogP contribution in [0.25, 0.3) is 0 Å². The van der Waals surface area contributed by atoms with Gasteiger partial charge in [0, 0.05) is 0 Å². The van der Waals surface area contributed by atoms with E-state index in [4.69, 9.17) is 0 Å². The largest absolute Gasteiger partial charge is 0.317 e. The van der Waals surface area contributed by atoms with Gasteiger partial charge in [0.15, 0.2) is 0 Å². The van der Waals surface area contributed by atoms with Crippen molar-refractivity contribution < 1.29 is 0 Å². The number of hydrogen-bond donors (Lipinski definition) is 1. The van der Waals surface area contributed by atoms with E-state index in [0.717, 1.165) is 19.0 Å². The average Bonchev–Trinajstić information content (AvgIpc) is 2.22. The Kier molecular flexibility index (Phi) is 5.41. The van der Waals surface area contributed by atoms with Crippen LogP contribution in [0, 0.1) is 12.8 Å². The van der Waals surface area contributed by atoms with Crippen LogP contribution in [0.4, 0.5) is 0 Å². The van der Waals surface area contributed by atoms with Crippen LogP contribution in [0.3, 0.4) is 0 Å². The first-order chi connectivity index (χ1) is 7.22. The molecule has 0 aromatic heterocycles. The Bertz CT molecular complexity index is 263. The fourth-order valence-corrected chi connectivity index (χ4v) is 1.75. The van der Waals surface area contributed by atoms with Crippen LogP contribution in [0.1, 0.15) is 31.4 Å². The van der Waals surface area contributed by atoms with E-state index < -0.39 is 0 Å². The zero-order valence-corrected chi connectivity index (χ0v) is 10.2. The molecule has 15 heavy (non-hydrogen) atoms. The highest BCUT2D eigenvalue weighted by Crippen LogP contribution is 2.12. The molecule has 0 heterocycles. The van der Waals surface area contributed by atoms with Gasteiger partial charge in [-0.05, 0) is 44.3 Å². The van der Waals surface area contributed by atoms with Gasteiger partial charge in [-0.25, -0.2) is 0 Å². The smallest absolute Gasteiger partial charge is 0.00464 e. The molecule has 1 unspecified atom stereocenters. The maximum Gasteiger partial charge on any atom is -0.00464 e. The highest BCUT2D eigenvalue weighted by molar-refractivity contribution is 5.21. The monoisotopic (exact) mass is 205 g/mol. The van der Waals surface area contributed by atoms with Gasteiger partial charge < -0.3 is 5.32 Å². The lowest BCUT2D eigenvalue weighted by Gasteiger charge is -2.11. The first-order valence-corrected chi connectivity index (χ1v) is 5.98. The summed E-state index contributed by atoms with van der Waals surface area (Å²) in [6.45, 7) is 8.85. The zero-order valence-electron chi connectivity index (χ0n) is 10.2. The van der Waals surface area contributed by atoms with Crippen LogP contribution >= 0.6 is 0 Å². The standard InChI is InChI=1S/C14H23N/c1-4-15-10-9-13(3)11-14-7-5-12(2)6-8-14/h5-8,13,15H,4,9-11H2,1-3H3. The van der Waals surface area contributed by atoms with E-state index >= 15 is 0 Å². The van der Waals surface area contributed by atoms with Crippen LogP contribution in [-0.2, 0) is 6.42 Å². The minimum Gasteiger partial charge on any atom is -0.317 e. The highest BCUT2D eigenvalue weighted by atomic mass is 14.8. The maximum atomic E-state index is 3.37. The van der Waals surface area contributed by atoms with Crippen molar-refractivity contribution in [2.24, 2.45) is 5.92 Å². The molecule has 0 fully saturated rings. The third-order valence-corrected chi connectivity index (χ3v) is 2.77. The van der Waals surface area contributed by atoms with Gasteiger partial charge in [0.2, 0.25) is 0 Å². The third-order valence-electron chi connectivity index (χ3n) is 2.77. The normalized spacial score (nSPS) is 12.7. The molecule has 0 spiro atoms. The summed E-state index contributed by atoms with van der Waals surface area (Å²) >= 11 is 0. The van der Waals surface area contributed by atoms with Gasteiger partial charge in [0.25, 0.3) is 0 Å². The average molecular weight is 205 g/mol. The Labute approximate surface area is 93.9 Å². The second-order valence-electron chi connectivity index (χ2n) is 4.44. The summed E-state index contributed by atoms with van der Waals surface area (Å²) in [7, 11) is 0. The second kappa shape index (κ2) is 6.62.